The molecule has 1 aliphatic heterocycles. The Bertz CT molecular complexity index is 790. The zero-order valence-corrected chi connectivity index (χ0v) is 14.6. The molecule has 0 aliphatic carbocycles. The molecule has 22 heavy (non-hydrogen) atoms. The molecule has 0 unspecified atom stereocenters. The van der Waals surface area contributed by atoms with Gasteiger partial charge in [-0.3, -0.25) is 0 Å². The van der Waals surface area contributed by atoms with Crippen LogP contribution in [0.2, 0.25) is 0 Å². The maximum atomic E-state index is 4.85. The second-order valence-corrected chi connectivity index (χ2v) is 7.38. The van der Waals surface area contributed by atoms with Gasteiger partial charge in [-0.1, -0.05) is 27.3 Å². The van der Waals surface area contributed by atoms with Gasteiger partial charge < -0.3 is 14.8 Å². The molecule has 114 valence electrons. The first-order valence-electron chi connectivity index (χ1n) is 7.27. The van der Waals surface area contributed by atoms with Gasteiger partial charge in [0.15, 0.2) is 5.13 Å². The van der Waals surface area contributed by atoms with Crippen LogP contribution < -0.4 is 9.80 Å². The highest BCUT2D eigenvalue weighted by Crippen LogP contribution is 2.33. The van der Waals surface area contributed by atoms with Crippen molar-refractivity contribution in [1.29, 1.82) is 0 Å². The minimum atomic E-state index is 0.962. The number of H-pyrrole nitrogens is 1. The number of nitrogens with one attached hydrogen (secondary N) is 1. The van der Waals surface area contributed by atoms with Crippen LogP contribution in [0.25, 0.3) is 10.2 Å². The average Bonchev–Trinajstić information content (AvgIpc) is 3.16. The zero-order valence-electron chi connectivity index (χ0n) is 12.2. The largest absolute Gasteiger partial charge is 0.345 e. The molecule has 0 atom stereocenters. The number of fused-ring (bicyclic) bond motifs is 1. The van der Waals surface area contributed by atoms with Gasteiger partial charge in [-0.25, -0.2) is 9.97 Å². The van der Waals surface area contributed by atoms with E-state index in [1.807, 2.05) is 6.20 Å². The molecule has 0 radical (unpaired) electrons. The number of aryl methyl sites for hydroxylation is 1. The van der Waals surface area contributed by atoms with Crippen LogP contribution in [0.5, 0.6) is 0 Å². The number of rotatable bonds is 2. The predicted octanol–water partition coefficient (Wildman–Crippen LogP) is 3.42. The van der Waals surface area contributed by atoms with Crippen molar-refractivity contribution in [2.45, 2.75) is 6.92 Å². The lowest BCUT2D eigenvalue weighted by atomic mass is 10.2. The van der Waals surface area contributed by atoms with Crippen molar-refractivity contribution in [2.75, 3.05) is 36.0 Å². The monoisotopic (exact) mass is 377 g/mol. The van der Waals surface area contributed by atoms with E-state index < -0.39 is 0 Å². The minimum Gasteiger partial charge on any atom is -0.345 e. The molecule has 1 aliphatic rings. The number of benzene rings is 1. The van der Waals surface area contributed by atoms with E-state index in [1.54, 1.807) is 17.5 Å². The molecule has 1 aromatic carbocycles. The highest BCUT2D eigenvalue weighted by Gasteiger charge is 2.21. The maximum absolute atomic E-state index is 4.85. The van der Waals surface area contributed by atoms with E-state index in [1.165, 1.54) is 10.3 Å². The summed E-state index contributed by atoms with van der Waals surface area (Å²) in [5, 5.41) is 1.12. The predicted molar refractivity (Wildman–Crippen MR) is 95.1 cm³/mol. The topological polar surface area (TPSA) is 48.0 Å². The molecule has 2 aromatic heterocycles. The summed E-state index contributed by atoms with van der Waals surface area (Å²) in [6, 6.07) is 4.28. The first kappa shape index (κ1) is 14.0. The van der Waals surface area contributed by atoms with Crippen molar-refractivity contribution >= 4 is 48.6 Å². The Kier molecular flexibility index (Phi) is 3.54. The SMILES string of the molecule is Cc1cc(Br)cc2sc(N3CCN(c4ncc[nH]4)CC3)nc12. The number of anilines is 2. The van der Waals surface area contributed by atoms with Crippen LogP contribution in [0.3, 0.4) is 0 Å². The third kappa shape index (κ3) is 2.48. The maximum Gasteiger partial charge on any atom is 0.202 e. The Morgan fingerprint density at radius 2 is 1.95 bits per heavy atom. The van der Waals surface area contributed by atoms with Crippen LogP contribution in [-0.4, -0.2) is 41.1 Å². The number of imidazole rings is 1. The van der Waals surface area contributed by atoms with E-state index >= 15 is 0 Å². The van der Waals surface area contributed by atoms with Gasteiger partial charge in [0, 0.05) is 43.0 Å². The number of aromatic nitrogens is 3. The first-order valence-corrected chi connectivity index (χ1v) is 8.87. The van der Waals surface area contributed by atoms with Crippen molar-refractivity contribution in [1.82, 2.24) is 15.0 Å². The standard InChI is InChI=1S/C15H16BrN5S/c1-10-8-11(16)9-12-13(10)19-15(22-12)21-6-4-20(5-7-21)14-17-2-3-18-14/h2-3,8-9H,4-7H2,1H3,(H,17,18). The highest BCUT2D eigenvalue weighted by atomic mass is 79.9. The lowest BCUT2D eigenvalue weighted by molar-refractivity contribution is 0.642. The molecule has 0 saturated carbocycles. The Morgan fingerprint density at radius 3 is 2.68 bits per heavy atom. The van der Waals surface area contributed by atoms with Gasteiger partial charge in [0.05, 0.1) is 10.2 Å². The summed E-state index contributed by atoms with van der Waals surface area (Å²) in [6.07, 6.45) is 3.67. The summed E-state index contributed by atoms with van der Waals surface area (Å²) in [6.45, 7) is 5.99. The third-order valence-electron chi connectivity index (χ3n) is 3.97. The molecule has 3 heterocycles. The van der Waals surface area contributed by atoms with Gasteiger partial charge in [-0.05, 0) is 24.6 Å². The molecule has 0 spiro atoms. The van der Waals surface area contributed by atoms with Crippen molar-refractivity contribution < 1.29 is 0 Å². The van der Waals surface area contributed by atoms with Gasteiger partial charge in [0.25, 0.3) is 0 Å². The van der Waals surface area contributed by atoms with Crippen molar-refractivity contribution in [3.63, 3.8) is 0 Å². The Hall–Kier alpha value is -1.60. The highest BCUT2D eigenvalue weighted by molar-refractivity contribution is 9.10. The van der Waals surface area contributed by atoms with Crippen LogP contribution >= 0.6 is 27.3 Å². The number of nitrogens with zero attached hydrogens (tertiary/aromatic N) is 4. The summed E-state index contributed by atoms with van der Waals surface area (Å²) in [7, 11) is 0. The fourth-order valence-electron chi connectivity index (χ4n) is 2.82. The zero-order chi connectivity index (χ0) is 15.1. The van der Waals surface area contributed by atoms with E-state index in [0.29, 0.717) is 0 Å². The molecule has 1 N–H and O–H groups in total. The number of aromatic amines is 1. The lowest BCUT2D eigenvalue weighted by Crippen LogP contribution is -2.46. The van der Waals surface area contributed by atoms with Gasteiger partial charge >= 0.3 is 0 Å². The molecule has 4 rings (SSSR count). The minimum absolute atomic E-state index is 0.962. The summed E-state index contributed by atoms with van der Waals surface area (Å²) in [5.41, 5.74) is 2.35. The summed E-state index contributed by atoms with van der Waals surface area (Å²) < 4.78 is 2.37. The molecule has 7 heteroatoms. The van der Waals surface area contributed by atoms with Gasteiger partial charge in [0.1, 0.15) is 0 Å². The van der Waals surface area contributed by atoms with Crippen LogP contribution in [0, 0.1) is 6.92 Å². The van der Waals surface area contributed by atoms with E-state index in [2.05, 4.69) is 54.8 Å². The quantitative estimate of drug-likeness (QED) is 0.743. The second kappa shape index (κ2) is 5.55. The Balaban J connectivity index is 1.55. The summed E-state index contributed by atoms with van der Waals surface area (Å²) in [4.78, 5) is 17.0. The normalized spacial score (nSPS) is 15.7. The fraction of sp³-hybridized carbons (Fsp3) is 0.333. The smallest absolute Gasteiger partial charge is 0.202 e. The van der Waals surface area contributed by atoms with Gasteiger partial charge in [0.2, 0.25) is 5.95 Å². The van der Waals surface area contributed by atoms with Crippen molar-refractivity contribution in [3.05, 3.63) is 34.6 Å². The van der Waals surface area contributed by atoms with Crippen LogP contribution in [0.1, 0.15) is 5.56 Å². The molecule has 5 nitrogen and oxygen atoms in total. The van der Waals surface area contributed by atoms with Crippen LogP contribution in [-0.2, 0) is 0 Å². The number of hydrogen-bond acceptors (Lipinski definition) is 5. The summed E-state index contributed by atoms with van der Waals surface area (Å²) >= 11 is 5.34. The molecular weight excluding hydrogens is 362 g/mol. The number of thiazole rings is 1. The third-order valence-corrected chi connectivity index (χ3v) is 5.49. The second-order valence-electron chi connectivity index (χ2n) is 5.45. The van der Waals surface area contributed by atoms with Crippen LogP contribution in [0.15, 0.2) is 29.0 Å². The van der Waals surface area contributed by atoms with Crippen LogP contribution in [0.4, 0.5) is 11.1 Å². The lowest BCUT2D eigenvalue weighted by Gasteiger charge is -2.34. The van der Waals surface area contributed by atoms with Gasteiger partial charge in [-0.2, -0.15) is 0 Å². The van der Waals surface area contributed by atoms with E-state index in [4.69, 9.17) is 4.98 Å². The Morgan fingerprint density at radius 1 is 1.18 bits per heavy atom. The Labute approximate surface area is 141 Å². The number of halogens is 1. The fourth-order valence-corrected chi connectivity index (χ4v) is 4.68. The first-order chi connectivity index (χ1) is 10.7. The number of hydrogen-bond donors (Lipinski definition) is 1. The van der Waals surface area contributed by atoms with Crippen molar-refractivity contribution in [2.24, 2.45) is 0 Å². The average molecular weight is 378 g/mol. The van der Waals surface area contributed by atoms with E-state index in [0.717, 1.165) is 47.2 Å². The molecule has 0 bridgehead atoms. The van der Waals surface area contributed by atoms with Crippen molar-refractivity contribution in [3.8, 4) is 0 Å². The van der Waals surface area contributed by atoms with E-state index in [-0.39, 0.29) is 0 Å². The van der Waals surface area contributed by atoms with Gasteiger partial charge in [-0.15, -0.1) is 0 Å². The molecule has 3 aromatic rings. The molecule has 0 amide bonds. The molecule has 1 saturated heterocycles. The molecule has 1 fully saturated rings. The summed E-state index contributed by atoms with van der Waals surface area (Å²) in [5.74, 6) is 0.962. The van der Waals surface area contributed by atoms with E-state index in [9.17, 15) is 0 Å². The molecular formula is C15H16BrN5S. The number of piperazine rings is 1.